The SMILES string of the molecule is CCn1c(CC(N)C(C)(CC)OC)nc2ccccc21. The average Bonchev–Trinajstić information content (AvgIpc) is 2.83. The number of ether oxygens (including phenoxy) is 1. The third-order valence-corrected chi connectivity index (χ3v) is 4.41. The predicted octanol–water partition coefficient (Wildman–Crippen LogP) is 2.74. The van der Waals surface area contributed by atoms with E-state index in [-0.39, 0.29) is 11.6 Å². The Labute approximate surface area is 120 Å². The summed E-state index contributed by atoms with van der Waals surface area (Å²) in [5.74, 6) is 1.04. The van der Waals surface area contributed by atoms with E-state index in [9.17, 15) is 0 Å². The number of methoxy groups -OCH3 is 1. The van der Waals surface area contributed by atoms with E-state index in [4.69, 9.17) is 15.5 Å². The summed E-state index contributed by atoms with van der Waals surface area (Å²) in [6, 6.07) is 8.15. The average molecular weight is 275 g/mol. The van der Waals surface area contributed by atoms with Crippen molar-refractivity contribution in [3.8, 4) is 0 Å². The van der Waals surface area contributed by atoms with Gasteiger partial charge in [0.25, 0.3) is 0 Å². The van der Waals surface area contributed by atoms with Crippen LogP contribution in [0.15, 0.2) is 24.3 Å². The van der Waals surface area contributed by atoms with Crippen molar-refractivity contribution in [3.63, 3.8) is 0 Å². The van der Waals surface area contributed by atoms with Crippen LogP contribution in [0.4, 0.5) is 0 Å². The van der Waals surface area contributed by atoms with Crippen molar-refractivity contribution in [2.45, 2.75) is 51.8 Å². The summed E-state index contributed by atoms with van der Waals surface area (Å²) >= 11 is 0. The van der Waals surface area contributed by atoms with Crippen molar-refractivity contribution in [1.29, 1.82) is 0 Å². The first-order valence-electron chi connectivity index (χ1n) is 7.30. The molecule has 110 valence electrons. The summed E-state index contributed by atoms with van der Waals surface area (Å²) < 4.78 is 7.84. The van der Waals surface area contributed by atoms with Gasteiger partial charge in [0.05, 0.1) is 16.6 Å². The molecule has 0 spiro atoms. The lowest BCUT2D eigenvalue weighted by Gasteiger charge is -2.33. The molecule has 0 fully saturated rings. The Kier molecular flexibility index (Phi) is 4.45. The molecule has 2 unspecified atom stereocenters. The Morgan fingerprint density at radius 3 is 2.65 bits per heavy atom. The summed E-state index contributed by atoms with van der Waals surface area (Å²) in [4.78, 5) is 4.73. The van der Waals surface area contributed by atoms with Crippen LogP contribution in [0, 0.1) is 0 Å². The second-order valence-corrected chi connectivity index (χ2v) is 5.44. The third kappa shape index (κ3) is 2.58. The van der Waals surface area contributed by atoms with Crippen LogP contribution < -0.4 is 5.73 Å². The minimum absolute atomic E-state index is 0.0698. The van der Waals surface area contributed by atoms with Crippen LogP contribution in [0.2, 0.25) is 0 Å². The Hall–Kier alpha value is -1.39. The van der Waals surface area contributed by atoms with E-state index >= 15 is 0 Å². The highest BCUT2D eigenvalue weighted by Gasteiger charge is 2.31. The van der Waals surface area contributed by atoms with E-state index in [1.807, 2.05) is 18.2 Å². The summed E-state index contributed by atoms with van der Waals surface area (Å²) in [5, 5.41) is 0. The first-order valence-corrected chi connectivity index (χ1v) is 7.30. The van der Waals surface area contributed by atoms with Crippen molar-refractivity contribution in [3.05, 3.63) is 30.1 Å². The molecule has 0 aliphatic carbocycles. The molecule has 1 heterocycles. The molecule has 1 aromatic carbocycles. The van der Waals surface area contributed by atoms with Crippen LogP contribution in [-0.2, 0) is 17.7 Å². The minimum Gasteiger partial charge on any atom is -0.377 e. The van der Waals surface area contributed by atoms with Gasteiger partial charge in [0, 0.05) is 26.1 Å². The van der Waals surface area contributed by atoms with Crippen molar-refractivity contribution in [2.24, 2.45) is 5.73 Å². The number of nitrogens with zero attached hydrogens (tertiary/aromatic N) is 2. The number of nitrogens with two attached hydrogens (primary N) is 1. The summed E-state index contributed by atoms with van der Waals surface area (Å²) in [6.07, 6.45) is 1.61. The van der Waals surface area contributed by atoms with Gasteiger partial charge >= 0.3 is 0 Å². The Morgan fingerprint density at radius 2 is 2.05 bits per heavy atom. The zero-order valence-corrected chi connectivity index (χ0v) is 12.9. The highest BCUT2D eigenvalue weighted by Crippen LogP contribution is 2.23. The molecule has 2 rings (SSSR count). The number of imidazole rings is 1. The number of rotatable bonds is 6. The van der Waals surface area contributed by atoms with Crippen LogP contribution in [0.3, 0.4) is 0 Å². The lowest BCUT2D eigenvalue weighted by Crippen LogP contribution is -2.48. The molecule has 2 atom stereocenters. The van der Waals surface area contributed by atoms with E-state index in [1.54, 1.807) is 7.11 Å². The van der Waals surface area contributed by atoms with Crippen LogP contribution in [0.1, 0.15) is 33.0 Å². The molecule has 0 aliphatic heterocycles. The Balaban J connectivity index is 2.34. The highest BCUT2D eigenvalue weighted by molar-refractivity contribution is 5.75. The molecular formula is C16H25N3O. The molecular weight excluding hydrogens is 250 g/mol. The second-order valence-electron chi connectivity index (χ2n) is 5.44. The molecule has 4 nitrogen and oxygen atoms in total. The summed E-state index contributed by atoms with van der Waals surface area (Å²) in [7, 11) is 1.73. The summed E-state index contributed by atoms with van der Waals surface area (Å²) in [6.45, 7) is 7.21. The second kappa shape index (κ2) is 5.94. The van der Waals surface area contributed by atoms with Gasteiger partial charge in [0.2, 0.25) is 0 Å². The maximum Gasteiger partial charge on any atom is 0.111 e. The van der Waals surface area contributed by atoms with Gasteiger partial charge in [-0.05, 0) is 32.4 Å². The molecule has 0 bridgehead atoms. The lowest BCUT2D eigenvalue weighted by molar-refractivity contribution is -0.0190. The fraction of sp³-hybridized carbons (Fsp3) is 0.562. The smallest absolute Gasteiger partial charge is 0.111 e. The topological polar surface area (TPSA) is 53.1 Å². The van der Waals surface area contributed by atoms with Gasteiger partial charge in [0.15, 0.2) is 0 Å². The molecule has 1 aromatic heterocycles. The first-order chi connectivity index (χ1) is 9.55. The van der Waals surface area contributed by atoms with Crippen LogP contribution in [0.25, 0.3) is 11.0 Å². The number of hydrogen-bond acceptors (Lipinski definition) is 3. The number of aromatic nitrogens is 2. The van der Waals surface area contributed by atoms with E-state index in [0.717, 1.165) is 30.7 Å². The maximum absolute atomic E-state index is 6.37. The molecule has 0 amide bonds. The van der Waals surface area contributed by atoms with Crippen LogP contribution >= 0.6 is 0 Å². The van der Waals surface area contributed by atoms with Crippen LogP contribution in [-0.4, -0.2) is 28.3 Å². The first kappa shape index (κ1) is 15.0. The molecule has 2 N–H and O–H groups in total. The zero-order chi connectivity index (χ0) is 14.8. The fourth-order valence-electron chi connectivity index (χ4n) is 2.60. The van der Waals surface area contributed by atoms with Gasteiger partial charge in [-0.1, -0.05) is 19.1 Å². The standard InChI is InChI=1S/C16H25N3O/c1-5-16(3,20-4)14(17)11-15-18-12-9-7-8-10-13(12)19(15)6-2/h7-10,14H,5-6,11,17H2,1-4H3. The number of aryl methyl sites for hydroxylation is 1. The van der Waals surface area contributed by atoms with E-state index in [1.165, 1.54) is 5.52 Å². The van der Waals surface area contributed by atoms with Gasteiger partial charge in [-0.15, -0.1) is 0 Å². The van der Waals surface area contributed by atoms with E-state index in [0.29, 0.717) is 0 Å². The van der Waals surface area contributed by atoms with Crippen molar-refractivity contribution in [1.82, 2.24) is 9.55 Å². The van der Waals surface area contributed by atoms with Gasteiger partial charge in [-0.2, -0.15) is 0 Å². The largest absolute Gasteiger partial charge is 0.377 e. The molecule has 0 saturated heterocycles. The molecule has 0 radical (unpaired) electrons. The predicted molar refractivity (Wildman–Crippen MR) is 82.8 cm³/mol. The normalized spacial score (nSPS) is 16.2. The minimum atomic E-state index is -0.309. The van der Waals surface area contributed by atoms with Gasteiger partial charge in [0.1, 0.15) is 5.82 Å². The quantitative estimate of drug-likeness (QED) is 0.882. The van der Waals surface area contributed by atoms with E-state index in [2.05, 4.69) is 31.4 Å². The Morgan fingerprint density at radius 1 is 1.35 bits per heavy atom. The summed E-state index contributed by atoms with van der Waals surface area (Å²) in [5.41, 5.74) is 8.27. The van der Waals surface area contributed by atoms with Crippen LogP contribution in [0.5, 0.6) is 0 Å². The lowest BCUT2D eigenvalue weighted by atomic mass is 9.91. The molecule has 2 aromatic rings. The molecule has 20 heavy (non-hydrogen) atoms. The molecule has 4 heteroatoms. The molecule has 0 aliphatic rings. The third-order valence-electron chi connectivity index (χ3n) is 4.41. The number of para-hydroxylation sites is 2. The Bertz CT molecular complexity index is 572. The van der Waals surface area contributed by atoms with Gasteiger partial charge in [-0.25, -0.2) is 4.98 Å². The monoisotopic (exact) mass is 275 g/mol. The van der Waals surface area contributed by atoms with E-state index < -0.39 is 0 Å². The fourth-order valence-corrected chi connectivity index (χ4v) is 2.60. The zero-order valence-electron chi connectivity index (χ0n) is 12.9. The number of benzene rings is 1. The van der Waals surface area contributed by atoms with Crippen molar-refractivity contribution < 1.29 is 4.74 Å². The van der Waals surface area contributed by atoms with Gasteiger partial charge in [-0.3, -0.25) is 0 Å². The molecule has 0 saturated carbocycles. The van der Waals surface area contributed by atoms with Gasteiger partial charge < -0.3 is 15.0 Å². The van der Waals surface area contributed by atoms with Crippen molar-refractivity contribution in [2.75, 3.05) is 7.11 Å². The van der Waals surface area contributed by atoms with Crippen molar-refractivity contribution >= 4 is 11.0 Å². The highest BCUT2D eigenvalue weighted by atomic mass is 16.5. The maximum atomic E-state index is 6.37. The number of fused-ring (bicyclic) bond motifs is 1. The number of hydrogen-bond donors (Lipinski definition) is 1.